The van der Waals surface area contributed by atoms with E-state index in [1.807, 2.05) is 13.8 Å². The van der Waals surface area contributed by atoms with Crippen LogP contribution < -0.4 is 5.32 Å². The maximum Gasteiger partial charge on any atom is 0.326 e. The van der Waals surface area contributed by atoms with E-state index in [2.05, 4.69) is 36.3 Å². The average Bonchev–Trinajstić information content (AvgIpc) is 2.63. The fourth-order valence-corrected chi connectivity index (χ4v) is 2.28. The van der Waals surface area contributed by atoms with Gasteiger partial charge >= 0.3 is 5.97 Å². The van der Waals surface area contributed by atoms with Crippen molar-refractivity contribution in [1.29, 1.82) is 0 Å². The zero-order valence-electron chi connectivity index (χ0n) is 11.5. The molecule has 1 atom stereocenters. The molecule has 0 saturated heterocycles. The number of rotatable bonds is 5. The molecule has 0 aliphatic carbocycles. The van der Waals surface area contributed by atoms with E-state index in [0.717, 1.165) is 5.01 Å². The number of aliphatic carboxylic acids is 1. The van der Waals surface area contributed by atoms with Gasteiger partial charge in [-0.05, 0) is 12.3 Å². The normalized spacial score (nSPS) is 13.7. The lowest BCUT2D eigenvalue weighted by Gasteiger charge is -2.15. The van der Waals surface area contributed by atoms with Crippen LogP contribution in [0.4, 0.5) is 5.13 Å². The molecule has 5 nitrogen and oxygen atoms in total. The van der Waals surface area contributed by atoms with E-state index in [4.69, 9.17) is 5.11 Å². The average molecular weight is 271 g/mol. The summed E-state index contributed by atoms with van der Waals surface area (Å²) >= 11 is 1.42. The Morgan fingerprint density at radius 2 is 2.00 bits per heavy atom. The smallest absolute Gasteiger partial charge is 0.326 e. The second-order valence-corrected chi connectivity index (χ2v) is 6.80. The molecule has 1 aromatic heterocycles. The van der Waals surface area contributed by atoms with Gasteiger partial charge in [0.15, 0.2) is 0 Å². The van der Waals surface area contributed by atoms with E-state index in [0.29, 0.717) is 17.5 Å². The van der Waals surface area contributed by atoms with E-state index in [1.165, 1.54) is 11.3 Å². The Kier molecular flexibility index (Phi) is 4.67. The maximum absolute atomic E-state index is 11.1. The van der Waals surface area contributed by atoms with E-state index < -0.39 is 12.0 Å². The third kappa shape index (κ3) is 4.25. The summed E-state index contributed by atoms with van der Waals surface area (Å²) in [7, 11) is 0. The first-order valence-corrected chi connectivity index (χ1v) is 6.85. The number of hydrogen-bond donors (Lipinski definition) is 2. The van der Waals surface area contributed by atoms with Gasteiger partial charge in [-0.25, -0.2) is 4.79 Å². The third-order valence-corrected chi connectivity index (χ3v) is 3.65. The first kappa shape index (κ1) is 14.9. The van der Waals surface area contributed by atoms with E-state index in [9.17, 15) is 4.79 Å². The lowest BCUT2D eigenvalue weighted by molar-refractivity contribution is -0.138. The van der Waals surface area contributed by atoms with Crippen LogP contribution in [0.3, 0.4) is 0 Å². The van der Waals surface area contributed by atoms with Crippen LogP contribution in [0.15, 0.2) is 0 Å². The summed E-state index contributed by atoms with van der Waals surface area (Å²) < 4.78 is 0. The summed E-state index contributed by atoms with van der Waals surface area (Å²) in [6.07, 6.45) is 0.569. The van der Waals surface area contributed by atoms with Gasteiger partial charge in [0.25, 0.3) is 0 Å². The number of carboxylic acids is 1. The van der Waals surface area contributed by atoms with Crippen molar-refractivity contribution in [1.82, 2.24) is 10.2 Å². The third-order valence-electron chi connectivity index (χ3n) is 2.37. The van der Waals surface area contributed by atoms with Crippen LogP contribution in [0.1, 0.15) is 46.0 Å². The Morgan fingerprint density at radius 3 is 2.39 bits per heavy atom. The van der Waals surface area contributed by atoms with Crippen molar-refractivity contribution in [3.8, 4) is 0 Å². The molecule has 102 valence electrons. The molecule has 18 heavy (non-hydrogen) atoms. The van der Waals surface area contributed by atoms with Crippen molar-refractivity contribution in [2.75, 3.05) is 5.32 Å². The first-order valence-electron chi connectivity index (χ1n) is 6.03. The molecule has 0 aromatic carbocycles. The van der Waals surface area contributed by atoms with Gasteiger partial charge in [-0.15, -0.1) is 10.2 Å². The lowest BCUT2D eigenvalue weighted by Crippen LogP contribution is -2.30. The van der Waals surface area contributed by atoms with Gasteiger partial charge < -0.3 is 10.4 Å². The molecule has 1 aromatic rings. The monoisotopic (exact) mass is 271 g/mol. The van der Waals surface area contributed by atoms with Crippen LogP contribution in [0.2, 0.25) is 0 Å². The molecule has 1 rings (SSSR count). The number of carboxylic acid groups (broad SMARTS) is 1. The van der Waals surface area contributed by atoms with E-state index >= 15 is 0 Å². The molecule has 0 amide bonds. The summed E-state index contributed by atoms with van der Waals surface area (Å²) in [4.78, 5) is 11.1. The zero-order chi connectivity index (χ0) is 13.9. The number of hydrogen-bond acceptors (Lipinski definition) is 5. The minimum absolute atomic E-state index is 0.0611. The molecule has 2 N–H and O–H groups in total. The summed E-state index contributed by atoms with van der Waals surface area (Å²) in [5.74, 6) is -0.537. The molecular formula is C12H21N3O2S. The van der Waals surface area contributed by atoms with Crippen molar-refractivity contribution in [3.63, 3.8) is 0 Å². The van der Waals surface area contributed by atoms with Gasteiger partial charge in [-0.2, -0.15) is 0 Å². The van der Waals surface area contributed by atoms with Gasteiger partial charge in [0.05, 0.1) is 0 Å². The molecule has 0 saturated carbocycles. The van der Waals surface area contributed by atoms with Crippen LogP contribution in [-0.4, -0.2) is 27.3 Å². The first-order chi connectivity index (χ1) is 8.20. The minimum atomic E-state index is -0.851. The van der Waals surface area contributed by atoms with Crippen LogP contribution in [0, 0.1) is 5.92 Å². The molecule has 0 fully saturated rings. The highest BCUT2D eigenvalue weighted by Gasteiger charge is 2.23. The van der Waals surface area contributed by atoms with Gasteiger partial charge in [-0.1, -0.05) is 46.0 Å². The number of nitrogens with one attached hydrogen (secondary N) is 1. The molecule has 0 radical (unpaired) electrons. The number of anilines is 1. The highest BCUT2D eigenvalue weighted by atomic mass is 32.1. The van der Waals surface area contributed by atoms with Gasteiger partial charge in [0.2, 0.25) is 5.13 Å². The molecule has 1 heterocycles. The van der Waals surface area contributed by atoms with Crippen LogP contribution in [0.5, 0.6) is 0 Å². The molecule has 0 aliphatic rings. The summed E-state index contributed by atoms with van der Waals surface area (Å²) in [6, 6.07) is -0.606. The van der Waals surface area contributed by atoms with E-state index in [-0.39, 0.29) is 5.41 Å². The van der Waals surface area contributed by atoms with E-state index in [1.54, 1.807) is 0 Å². The molecule has 0 spiro atoms. The Bertz CT molecular complexity index is 410. The van der Waals surface area contributed by atoms with Gasteiger partial charge in [0.1, 0.15) is 11.0 Å². The van der Waals surface area contributed by atoms with Gasteiger partial charge in [-0.3, -0.25) is 0 Å². The standard InChI is InChI=1S/C12H21N3O2S/c1-7(2)6-8(9(16)17)13-11-15-14-10(18-11)12(3,4)5/h7-8H,6H2,1-5H3,(H,13,15)(H,16,17). The topological polar surface area (TPSA) is 75.1 Å². The second-order valence-electron chi connectivity index (χ2n) is 5.83. The molecule has 0 aliphatic heterocycles. The van der Waals surface area contributed by atoms with Crippen LogP contribution in [-0.2, 0) is 10.2 Å². The fraction of sp³-hybridized carbons (Fsp3) is 0.750. The van der Waals surface area contributed by atoms with Crippen molar-refractivity contribution in [2.24, 2.45) is 5.92 Å². The summed E-state index contributed by atoms with van der Waals surface area (Å²) in [5.41, 5.74) is -0.0611. The van der Waals surface area contributed by atoms with Crippen molar-refractivity contribution >= 4 is 22.4 Å². The predicted octanol–water partition coefficient (Wildman–Crippen LogP) is 2.75. The number of nitrogens with zero attached hydrogens (tertiary/aromatic N) is 2. The summed E-state index contributed by atoms with van der Waals surface area (Å²) in [5, 5.41) is 21.7. The number of carbonyl (C=O) groups is 1. The highest BCUT2D eigenvalue weighted by Crippen LogP contribution is 2.28. The lowest BCUT2D eigenvalue weighted by atomic mass is 9.98. The van der Waals surface area contributed by atoms with Crippen LogP contribution in [0.25, 0.3) is 0 Å². The van der Waals surface area contributed by atoms with Crippen molar-refractivity contribution < 1.29 is 9.90 Å². The highest BCUT2D eigenvalue weighted by molar-refractivity contribution is 7.15. The van der Waals surface area contributed by atoms with Crippen molar-refractivity contribution in [3.05, 3.63) is 5.01 Å². The molecule has 6 heteroatoms. The second kappa shape index (κ2) is 5.65. The Labute approximate surface area is 112 Å². The Hall–Kier alpha value is -1.17. The zero-order valence-corrected chi connectivity index (χ0v) is 12.3. The largest absolute Gasteiger partial charge is 0.480 e. The van der Waals surface area contributed by atoms with Crippen molar-refractivity contribution in [2.45, 2.75) is 52.5 Å². The van der Waals surface area contributed by atoms with Crippen LogP contribution >= 0.6 is 11.3 Å². The fourth-order valence-electron chi connectivity index (χ4n) is 1.43. The maximum atomic E-state index is 11.1. The molecule has 0 bridgehead atoms. The Balaban J connectivity index is 2.76. The molecule has 1 unspecified atom stereocenters. The minimum Gasteiger partial charge on any atom is -0.480 e. The Morgan fingerprint density at radius 1 is 1.39 bits per heavy atom. The summed E-state index contributed by atoms with van der Waals surface area (Å²) in [6.45, 7) is 10.2. The molecular weight excluding hydrogens is 250 g/mol. The van der Waals surface area contributed by atoms with Gasteiger partial charge in [0, 0.05) is 5.41 Å². The SMILES string of the molecule is CC(C)CC(Nc1nnc(C(C)(C)C)s1)C(=O)O. The number of aromatic nitrogens is 2. The quantitative estimate of drug-likeness (QED) is 0.861. The predicted molar refractivity (Wildman–Crippen MR) is 73.1 cm³/mol.